The number of aromatic nitrogens is 2. The first kappa shape index (κ1) is 16.8. The van der Waals surface area contributed by atoms with E-state index in [0.29, 0.717) is 15.7 Å². The molecule has 4 rings (SSSR count). The summed E-state index contributed by atoms with van der Waals surface area (Å²) in [5, 5.41) is 2.19. The van der Waals surface area contributed by atoms with Gasteiger partial charge in [-0.25, -0.2) is 4.79 Å². The van der Waals surface area contributed by atoms with Crippen molar-refractivity contribution in [1.82, 2.24) is 9.55 Å². The van der Waals surface area contributed by atoms with Gasteiger partial charge in [0.05, 0.1) is 11.2 Å². The third-order valence-electron chi connectivity index (χ3n) is 4.38. The van der Waals surface area contributed by atoms with Crippen LogP contribution in [0.4, 0.5) is 0 Å². The summed E-state index contributed by atoms with van der Waals surface area (Å²) in [6, 6.07) is 21.0. The second-order valence-corrected chi connectivity index (χ2v) is 6.92. The lowest BCUT2D eigenvalue weighted by Gasteiger charge is -2.12. The Morgan fingerprint density at radius 3 is 2.27 bits per heavy atom. The molecule has 0 aliphatic heterocycles. The minimum absolute atomic E-state index is 0.299. The first-order chi connectivity index (χ1) is 12.5. The highest BCUT2D eigenvalue weighted by Gasteiger charge is 2.12. The Kier molecular flexibility index (Phi) is 4.27. The Bertz CT molecular complexity index is 1180. The molecule has 0 spiro atoms. The van der Waals surface area contributed by atoms with E-state index in [2.05, 4.69) is 4.98 Å². The van der Waals surface area contributed by atoms with Crippen LogP contribution in [0.2, 0.25) is 10.0 Å². The van der Waals surface area contributed by atoms with Crippen molar-refractivity contribution in [3.63, 3.8) is 0 Å². The van der Waals surface area contributed by atoms with E-state index in [1.165, 1.54) is 0 Å². The number of halogens is 2. The Hall–Kier alpha value is -2.62. The Morgan fingerprint density at radius 2 is 1.54 bits per heavy atom. The molecule has 4 aromatic rings. The zero-order valence-corrected chi connectivity index (χ0v) is 15.4. The quantitative estimate of drug-likeness (QED) is 0.455. The van der Waals surface area contributed by atoms with Crippen molar-refractivity contribution >= 4 is 34.1 Å². The van der Waals surface area contributed by atoms with Crippen molar-refractivity contribution in [2.45, 2.75) is 0 Å². The monoisotopic (exact) mass is 380 g/mol. The van der Waals surface area contributed by atoms with Gasteiger partial charge in [-0.1, -0.05) is 53.5 Å². The van der Waals surface area contributed by atoms with Crippen LogP contribution < -0.4 is 5.69 Å². The SMILES string of the molecule is Cn1c(=O)nc(-c2cccc(Cl)c2)c2cc(-c3ccc(Cl)cc3)ccc21. The molecule has 0 unspecified atom stereocenters. The molecule has 128 valence electrons. The van der Waals surface area contributed by atoms with E-state index in [9.17, 15) is 4.79 Å². The van der Waals surface area contributed by atoms with Crippen molar-refractivity contribution in [3.05, 3.63) is 87.3 Å². The van der Waals surface area contributed by atoms with Crippen LogP contribution in [0, 0.1) is 0 Å². The number of nitrogens with zero attached hydrogens (tertiary/aromatic N) is 2. The zero-order chi connectivity index (χ0) is 18.3. The Morgan fingerprint density at radius 1 is 0.808 bits per heavy atom. The van der Waals surface area contributed by atoms with Gasteiger partial charge in [-0.3, -0.25) is 4.57 Å². The van der Waals surface area contributed by atoms with E-state index in [1.807, 2.05) is 60.7 Å². The van der Waals surface area contributed by atoms with Gasteiger partial charge < -0.3 is 0 Å². The number of hydrogen-bond acceptors (Lipinski definition) is 2. The standard InChI is InChI=1S/C21H14Cl2N2O/c1-25-19-10-7-14(13-5-8-16(22)9-6-13)12-18(19)20(24-21(25)26)15-3-2-4-17(23)11-15/h2-12H,1H3. The first-order valence-electron chi connectivity index (χ1n) is 8.05. The van der Waals surface area contributed by atoms with E-state index in [1.54, 1.807) is 17.7 Å². The van der Waals surface area contributed by atoms with Crippen molar-refractivity contribution in [1.29, 1.82) is 0 Å². The molecule has 0 N–H and O–H groups in total. The first-order valence-corrected chi connectivity index (χ1v) is 8.81. The lowest BCUT2D eigenvalue weighted by molar-refractivity contribution is 0.855. The second kappa shape index (κ2) is 6.60. The normalized spacial score (nSPS) is 11.0. The molecule has 0 radical (unpaired) electrons. The molecule has 26 heavy (non-hydrogen) atoms. The number of benzene rings is 3. The highest BCUT2D eigenvalue weighted by Crippen LogP contribution is 2.31. The van der Waals surface area contributed by atoms with Crippen LogP contribution in [0.5, 0.6) is 0 Å². The molecule has 0 bridgehead atoms. The summed E-state index contributed by atoms with van der Waals surface area (Å²) < 4.78 is 1.55. The van der Waals surface area contributed by atoms with Crippen LogP contribution in [0.3, 0.4) is 0 Å². The maximum atomic E-state index is 12.3. The van der Waals surface area contributed by atoms with E-state index in [-0.39, 0.29) is 5.69 Å². The Labute approximate surface area is 160 Å². The molecule has 0 aliphatic rings. The largest absolute Gasteiger partial charge is 0.348 e. The van der Waals surface area contributed by atoms with Crippen LogP contribution >= 0.6 is 23.2 Å². The van der Waals surface area contributed by atoms with Gasteiger partial charge in [-0.15, -0.1) is 0 Å². The molecular formula is C21H14Cl2N2O. The van der Waals surface area contributed by atoms with Crippen LogP contribution in [0.15, 0.2) is 71.5 Å². The maximum Gasteiger partial charge on any atom is 0.348 e. The molecule has 0 aliphatic carbocycles. The summed E-state index contributed by atoms with van der Waals surface area (Å²) >= 11 is 12.1. The van der Waals surface area contributed by atoms with Crippen LogP contribution in [-0.4, -0.2) is 9.55 Å². The summed E-state index contributed by atoms with van der Waals surface area (Å²) in [5.41, 5.74) is 4.03. The molecular weight excluding hydrogens is 367 g/mol. The second-order valence-electron chi connectivity index (χ2n) is 6.05. The summed E-state index contributed by atoms with van der Waals surface area (Å²) in [4.78, 5) is 16.6. The minimum atomic E-state index is -0.299. The number of fused-ring (bicyclic) bond motifs is 1. The molecule has 0 fully saturated rings. The molecule has 3 aromatic carbocycles. The molecule has 1 aromatic heterocycles. The maximum absolute atomic E-state index is 12.3. The highest BCUT2D eigenvalue weighted by atomic mass is 35.5. The smallest absolute Gasteiger partial charge is 0.295 e. The van der Waals surface area contributed by atoms with Gasteiger partial charge in [0.15, 0.2) is 0 Å². The van der Waals surface area contributed by atoms with Crippen LogP contribution in [-0.2, 0) is 7.05 Å². The van der Waals surface area contributed by atoms with E-state index in [4.69, 9.17) is 23.2 Å². The number of aryl methyl sites for hydroxylation is 1. The fourth-order valence-electron chi connectivity index (χ4n) is 3.03. The molecule has 5 heteroatoms. The summed E-state index contributed by atoms with van der Waals surface area (Å²) in [6.45, 7) is 0. The van der Waals surface area contributed by atoms with Gasteiger partial charge in [-0.2, -0.15) is 4.98 Å². The lowest BCUT2D eigenvalue weighted by Crippen LogP contribution is -2.21. The number of rotatable bonds is 2. The molecule has 0 saturated heterocycles. The minimum Gasteiger partial charge on any atom is -0.295 e. The van der Waals surface area contributed by atoms with Gasteiger partial charge in [-0.05, 0) is 47.5 Å². The fraction of sp³-hybridized carbons (Fsp3) is 0.0476. The fourth-order valence-corrected chi connectivity index (χ4v) is 3.35. The van der Waals surface area contributed by atoms with Gasteiger partial charge in [0, 0.05) is 28.0 Å². The van der Waals surface area contributed by atoms with E-state index < -0.39 is 0 Å². The third-order valence-corrected chi connectivity index (χ3v) is 4.87. The van der Waals surface area contributed by atoms with E-state index in [0.717, 1.165) is 27.6 Å². The van der Waals surface area contributed by atoms with Crippen molar-refractivity contribution in [3.8, 4) is 22.4 Å². The summed E-state index contributed by atoms with van der Waals surface area (Å²) in [5.74, 6) is 0. The topological polar surface area (TPSA) is 34.9 Å². The van der Waals surface area contributed by atoms with E-state index >= 15 is 0 Å². The molecule has 0 amide bonds. The summed E-state index contributed by atoms with van der Waals surface area (Å²) in [7, 11) is 1.72. The predicted octanol–water partition coefficient (Wildman–Crippen LogP) is 5.57. The average Bonchev–Trinajstić information content (AvgIpc) is 2.65. The predicted molar refractivity (Wildman–Crippen MR) is 108 cm³/mol. The van der Waals surface area contributed by atoms with Gasteiger partial charge in [0.1, 0.15) is 0 Å². The van der Waals surface area contributed by atoms with Gasteiger partial charge in [0.2, 0.25) is 0 Å². The number of hydrogen-bond donors (Lipinski definition) is 0. The Balaban J connectivity index is 2.01. The molecule has 3 nitrogen and oxygen atoms in total. The molecule has 1 heterocycles. The molecule has 0 atom stereocenters. The zero-order valence-electron chi connectivity index (χ0n) is 13.9. The average molecular weight is 381 g/mol. The van der Waals surface area contributed by atoms with Crippen molar-refractivity contribution in [2.75, 3.05) is 0 Å². The summed E-state index contributed by atoms with van der Waals surface area (Å²) in [6.07, 6.45) is 0. The van der Waals surface area contributed by atoms with Crippen molar-refractivity contribution < 1.29 is 0 Å². The third kappa shape index (κ3) is 3.00. The highest BCUT2D eigenvalue weighted by molar-refractivity contribution is 6.31. The van der Waals surface area contributed by atoms with Gasteiger partial charge >= 0.3 is 5.69 Å². The van der Waals surface area contributed by atoms with Crippen LogP contribution in [0.25, 0.3) is 33.3 Å². The molecule has 0 saturated carbocycles. The van der Waals surface area contributed by atoms with Crippen LogP contribution in [0.1, 0.15) is 0 Å². The van der Waals surface area contributed by atoms with Gasteiger partial charge in [0.25, 0.3) is 0 Å². The van der Waals surface area contributed by atoms with Crippen molar-refractivity contribution in [2.24, 2.45) is 7.05 Å². The lowest BCUT2D eigenvalue weighted by atomic mass is 10.0.